The van der Waals surface area contributed by atoms with E-state index in [1.165, 1.54) is 31.3 Å². The van der Waals surface area contributed by atoms with Crippen LogP contribution in [0.5, 0.6) is 11.5 Å². The van der Waals surface area contributed by atoms with Crippen molar-refractivity contribution in [2.75, 3.05) is 32.6 Å². The maximum Gasteiger partial charge on any atom is 0.254 e. The van der Waals surface area contributed by atoms with Crippen molar-refractivity contribution in [2.24, 2.45) is 0 Å². The second kappa shape index (κ2) is 8.29. The van der Waals surface area contributed by atoms with Crippen LogP contribution in [0.2, 0.25) is 0 Å². The lowest BCUT2D eigenvalue weighted by Crippen LogP contribution is -2.51. The van der Waals surface area contributed by atoms with Gasteiger partial charge in [0.25, 0.3) is 5.91 Å². The van der Waals surface area contributed by atoms with E-state index in [1.807, 2.05) is 30.3 Å². The number of amides is 2. The number of ether oxygens (including phenoxy) is 2. The molecule has 7 heteroatoms. The molecule has 148 valence electrons. The standard InChI is InChI=1S/C21H23FN2O4/c1-13(14-7-5-4-6-8-14)20(25)23-17-9-15(10-18(27-2)19(17)28-3)21(26)24-11-16(22)12-24/h4-10,13,16H,11-12H2,1-3H3,(H,23,25)/t13-/m1/s1. The van der Waals surface area contributed by atoms with Crippen LogP contribution in [-0.2, 0) is 4.79 Å². The van der Waals surface area contributed by atoms with E-state index in [2.05, 4.69) is 5.32 Å². The molecule has 1 aliphatic rings. The molecule has 1 atom stereocenters. The number of nitrogens with zero attached hydrogens (tertiary/aromatic N) is 1. The zero-order valence-corrected chi connectivity index (χ0v) is 16.1. The molecule has 6 nitrogen and oxygen atoms in total. The lowest BCUT2D eigenvalue weighted by atomic mass is 10.00. The summed E-state index contributed by atoms with van der Waals surface area (Å²) in [5.41, 5.74) is 1.50. The lowest BCUT2D eigenvalue weighted by molar-refractivity contribution is -0.117. The van der Waals surface area contributed by atoms with Gasteiger partial charge in [0, 0.05) is 5.56 Å². The van der Waals surface area contributed by atoms with Gasteiger partial charge in [0.2, 0.25) is 5.91 Å². The number of rotatable bonds is 6. The zero-order chi connectivity index (χ0) is 20.3. The fourth-order valence-corrected chi connectivity index (χ4v) is 3.09. The lowest BCUT2D eigenvalue weighted by Gasteiger charge is -2.34. The molecule has 0 bridgehead atoms. The predicted molar refractivity (Wildman–Crippen MR) is 104 cm³/mol. The number of hydrogen-bond acceptors (Lipinski definition) is 4. The first-order valence-corrected chi connectivity index (χ1v) is 8.99. The molecule has 2 aromatic rings. The number of anilines is 1. The quantitative estimate of drug-likeness (QED) is 0.828. The molecule has 0 saturated carbocycles. The molecular formula is C21H23FN2O4. The van der Waals surface area contributed by atoms with Crippen LogP contribution in [0.3, 0.4) is 0 Å². The Morgan fingerprint density at radius 1 is 1.14 bits per heavy atom. The summed E-state index contributed by atoms with van der Waals surface area (Å²) in [6.07, 6.45) is -0.991. The molecular weight excluding hydrogens is 363 g/mol. The number of nitrogens with one attached hydrogen (secondary N) is 1. The second-order valence-corrected chi connectivity index (χ2v) is 6.69. The molecule has 2 aromatic carbocycles. The minimum atomic E-state index is -0.991. The molecule has 1 fully saturated rings. The summed E-state index contributed by atoms with van der Waals surface area (Å²) < 4.78 is 23.8. The first kappa shape index (κ1) is 19.7. The largest absolute Gasteiger partial charge is 0.493 e. The molecule has 1 saturated heterocycles. The van der Waals surface area contributed by atoms with Gasteiger partial charge in [-0.05, 0) is 24.6 Å². The van der Waals surface area contributed by atoms with E-state index in [4.69, 9.17) is 9.47 Å². The average Bonchev–Trinajstić information content (AvgIpc) is 2.70. The van der Waals surface area contributed by atoms with Crippen LogP contribution in [0.25, 0.3) is 0 Å². The van der Waals surface area contributed by atoms with Gasteiger partial charge in [0.1, 0.15) is 6.17 Å². The Kier molecular flexibility index (Phi) is 5.82. The number of benzene rings is 2. The molecule has 0 aliphatic carbocycles. The molecule has 3 rings (SSSR count). The number of carbonyl (C=O) groups excluding carboxylic acids is 2. The highest BCUT2D eigenvalue weighted by Gasteiger charge is 2.32. The van der Waals surface area contributed by atoms with Crippen LogP contribution in [0, 0.1) is 0 Å². The average molecular weight is 386 g/mol. The van der Waals surface area contributed by atoms with E-state index in [9.17, 15) is 14.0 Å². The maximum atomic E-state index is 13.1. The highest BCUT2D eigenvalue weighted by atomic mass is 19.1. The Labute approximate surface area is 163 Å². The van der Waals surface area contributed by atoms with Gasteiger partial charge in [-0.15, -0.1) is 0 Å². The Hall–Kier alpha value is -3.09. The third kappa shape index (κ3) is 3.93. The number of carbonyl (C=O) groups is 2. The van der Waals surface area contributed by atoms with Gasteiger partial charge in [-0.25, -0.2) is 4.39 Å². The van der Waals surface area contributed by atoms with Crippen molar-refractivity contribution in [3.8, 4) is 11.5 Å². The van der Waals surface area contributed by atoms with Gasteiger partial charge in [-0.1, -0.05) is 30.3 Å². The normalized spacial score (nSPS) is 14.8. The number of likely N-dealkylation sites (tertiary alicyclic amines) is 1. The van der Waals surface area contributed by atoms with Gasteiger partial charge in [-0.3, -0.25) is 9.59 Å². The van der Waals surface area contributed by atoms with E-state index in [-0.39, 0.29) is 24.9 Å². The van der Waals surface area contributed by atoms with Crippen LogP contribution in [0.15, 0.2) is 42.5 Å². The first-order chi connectivity index (χ1) is 13.4. The summed E-state index contributed by atoms with van der Waals surface area (Å²) in [6.45, 7) is 1.94. The third-order valence-corrected chi connectivity index (χ3v) is 4.80. The topological polar surface area (TPSA) is 67.9 Å². The number of halogens is 1. The highest BCUT2D eigenvalue weighted by molar-refractivity contribution is 6.01. The second-order valence-electron chi connectivity index (χ2n) is 6.69. The van der Waals surface area contributed by atoms with Crippen LogP contribution >= 0.6 is 0 Å². The van der Waals surface area contributed by atoms with Gasteiger partial charge in [0.15, 0.2) is 11.5 Å². The summed E-state index contributed by atoms with van der Waals surface area (Å²) >= 11 is 0. The molecule has 1 aliphatic heterocycles. The van der Waals surface area contributed by atoms with Crippen LogP contribution in [0.4, 0.5) is 10.1 Å². The molecule has 28 heavy (non-hydrogen) atoms. The van der Waals surface area contributed by atoms with E-state index < -0.39 is 12.1 Å². The Morgan fingerprint density at radius 2 is 1.82 bits per heavy atom. The highest BCUT2D eigenvalue weighted by Crippen LogP contribution is 2.38. The summed E-state index contributed by atoms with van der Waals surface area (Å²) in [7, 11) is 2.91. The predicted octanol–water partition coefficient (Wildman–Crippen LogP) is 3.24. The van der Waals surface area contributed by atoms with Crippen molar-refractivity contribution >= 4 is 17.5 Å². The van der Waals surface area contributed by atoms with Gasteiger partial charge in [-0.2, -0.15) is 0 Å². The van der Waals surface area contributed by atoms with E-state index in [0.717, 1.165) is 5.56 Å². The summed E-state index contributed by atoms with van der Waals surface area (Å²) in [5.74, 6) is -0.336. The number of alkyl halides is 1. The minimum Gasteiger partial charge on any atom is -0.493 e. The molecule has 0 unspecified atom stereocenters. The van der Waals surface area contributed by atoms with E-state index in [1.54, 1.807) is 6.92 Å². The SMILES string of the molecule is COc1cc(C(=O)N2CC(F)C2)cc(NC(=O)[C@H](C)c2ccccc2)c1OC. The monoisotopic (exact) mass is 386 g/mol. The fourth-order valence-electron chi connectivity index (χ4n) is 3.09. The van der Waals surface area contributed by atoms with Gasteiger partial charge >= 0.3 is 0 Å². The molecule has 1 heterocycles. The zero-order valence-electron chi connectivity index (χ0n) is 16.1. The third-order valence-electron chi connectivity index (χ3n) is 4.80. The summed E-state index contributed by atoms with van der Waals surface area (Å²) in [5, 5.41) is 2.82. The molecule has 1 N–H and O–H groups in total. The molecule has 0 radical (unpaired) electrons. The van der Waals surface area contributed by atoms with Crippen molar-refractivity contribution in [2.45, 2.75) is 19.0 Å². The fraction of sp³-hybridized carbons (Fsp3) is 0.333. The van der Waals surface area contributed by atoms with Crippen molar-refractivity contribution in [3.63, 3.8) is 0 Å². The van der Waals surface area contributed by atoms with E-state index in [0.29, 0.717) is 22.7 Å². The molecule has 2 amide bonds. The van der Waals surface area contributed by atoms with Crippen molar-refractivity contribution in [3.05, 3.63) is 53.6 Å². The van der Waals surface area contributed by atoms with Crippen molar-refractivity contribution < 1.29 is 23.5 Å². The summed E-state index contributed by atoms with van der Waals surface area (Å²) in [6, 6.07) is 12.4. The maximum absolute atomic E-state index is 13.1. The van der Waals surface area contributed by atoms with Gasteiger partial charge in [0.05, 0.1) is 38.9 Å². The number of hydrogen-bond donors (Lipinski definition) is 1. The van der Waals surface area contributed by atoms with E-state index >= 15 is 0 Å². The Morgan fingerprint density at radius 3 is 2.39 bits per heavy atom. The van der Waals surface area contributed by atoms with Crippen LogP contribution < -0.4 is 14.8 Å². The number of methoxy groups -OCH3 is 2. The first-order valence-electron chi connectivity index (χ1n) is 8.99. The Balaban J connectivity index is 1.89. The van der Waals surface area contributed by atoms with Crippen LogP contribution in [0.1, 0.15) is 28.8 Å². The van der Waals surface area contributed by atoms with Crippen molar-refractivity contribution in [1.82, 2.24) is 4.90 Å². The Bertz CT molecular complexity index is 866. The smallest absolute Gasteiger partial charge is 0.254 e. The minimum absolute atomic E-state index is 0.0694. The molecule has 0 spiro atoms. The van der Waals surface area contributed by atoms with Gasteiger partial charge < -0.3 is 19.7 Å². The van der Waals surface area contributed by atoms with Crippen LogP contribution in [-0.4, -0.2) is 50.2 Å². The van der Waals surface area contributed by atoms with Crippen molar-refractivity contribution in [1.29, 1.82) is 0 Å². The molecule has 0 aromatic heterocycles. The summed E-state index contributed by atoms with van der Waals surface area (Å²) in [4.78, 5) is 26.7.